The lowest BCUT2D eigenvalue weighted by atomic mass is 10.0. The zero-order valence-electron chi connectivity index (χ0n) is 18.0. The highest BCUT2D eigenvalue weighted by molar-refractivity contribution is 7.89. The second-order valence-electron chi connectivity index (χ2n) is 7.63. The Bertz CT molecular complexity index is 954. The number of sulfonamides is 1. The summed E-state index contributed by atoms with van der Waals surface area (Å²) in [5.41, 5.74) is 4.16. The van der Waals surface area contributed by atoms with Crippen molar-refractivity contribution in [3.8, 4) is 0 Å². The van der Waals surface area contributed by atoms with E-state index in [9.17, 15) is 13.2 Å². The van der Waals surface area contributed by atoms with E-state index in [1.54, 1.807) is 31.3 Å². The fraction of sp³-hybridized carbons (Fsp3) is 0.409. The molecule has 0 aliphatic carbocycles. The molecule has 2 aromatic carbocycles. The largest absolute Gasteiger partial charge is 0.376 e. The fourth-order valence-corrected chi connectivity index (χ4v) is 4.15. The van der Waals surface area contributed by atoms with Crippen LogP contribution in [0.2, 0.25) is 0 Å². The summed E-state index contributed by atoms with van der Waals surface area (Å²) in [7, 11) is -1.95. The van der Waals surface area contributed by atoms with E-state index in [1.807, 2.05) is 26.8 Å². The monoisotopic (exact) mass is 417 g/mol. The molecular formula is C22H31N3O3S. The molecule has 0 aromatic heterocycles. The number of nitrogens with zero attached hydrogens (tertiary/aromatic N) is 1. The molecule has 0 spiro atoms. The molecule has 1 atom stereocenters. The third-order valence-electron chi connectivity index (χ3n) is 5.12. The normalized spacial score (nSPS) is 12.8. The number of aryl methyl sites for hydroxylation is 2. The van der Waals surface area contributed by atoms with E-state index in [-0.39, 0.29) is 29.4 Å². The number of anilines is 1. The average Bonchev–Trinajstić information content (AvgIpc) is 2.68. The maximum absolute atomic E-state index is 12.5. The molecule has 0 radical (unpaired) electrons. The Morgan fingerprint density at radius 1 is 1.00 bits per heavy atom. The van der Waals surface area contributed by atoms with Gasteiger partial charge in [-0.05, 0) is 75.6 Å². The van der Waals surface area contributed by atoms with E-state index in [4.69, 9.17) is 0 Å². The van der Waals surface area contributed by atoms with Crippen LogP contribution in [-0.2, 0) is 14.8 Å². The number of hydrogen-bond acceptors (Lipinski definition) is 4. The van der Waals surface area contributed by atoms with Crippen molar-refractivity contribution in [3.63, 3.8) is 0 Å². The topological polar surface area (TPSA) is 78.5 Å². The van der Waals surface area contributed by atoms with Crippen molar-refractivity contribution in [2.24, 2.45) is 0 Å². The van der Waals surface area contributed by atoms with Gasteiger partial charge < -0.3 is 10.6 Å². The first-order valence-electron chi connectivity index (χ1n) is 9.71. The predicted molar refractivity (Wildman–Crippen MR) is 117 cm³/mol. The molecule has 0 saturated heterocycles. The SMILES string of the molecule is Cc1ccc(C(C)NC(=O)CNc2ccc(S(=O)(=O)N(C)C(C)C)cc2)cc1C. The number of carbonyl (C=O) groups excluding carboxylic acids is 1. The van der Waals surface area contributed by atoms with Crippen molar-refractivity contribution in [1.29, 1.82) is 0 Å². The number of amides is 1. The molecule has 0 aliphatic heterocycles. The van der Waals surface area contributed by atoms with Crippen LogP contribution in [0.15, 0.2) is 47.4 Å². The van der Waals surface area contributed by atoms with Crippen LogP contribution >= 0.6 is 0 Å². The van der Waals surface area contributed by atoms with Crippen molar-refractivity contribution in [3.05, 3.63) is 59.2 Å². The highest BCUT2D eigenvalue weighted by Crippen LogP contribution is 2.19. The van der Waals surface area contributed by atoms with Gasteiger partial charge in [0.15, 0.2) is 0 Å². The van der Waals surface area contributed by atoms with E-state index < -0.39 is 10.0 Å². The van der Waals surface area contributed by atoms with Crippen molar-refractivity contribution in [2.45, 2.75) is 51.6 Å². The summed E-state index contributed by atoms with van der Waals surface area (Å²) in [5, 5.41) is 6.00. The fourth-order valence-electron chi connectivity index (χ4n) is 2.78. The molecule has 2 N–H and O–H groups in total. The molecule has 0 fully saturated rings. The van der Waals surface area contributed by atoms with E-state index in [0.717, 1.165) is 5.56 Å². The standard InChI is InChI=1S/C22H31N3O3S/c1-15(2)25(6)29(27,28)21-11-9-20(10-12-21)23-14-22(26)24-18(5)19-8-7-16(3)17(4)13-19/h7-13,15,18,23H,14H2,1-6H3,(H,24,26). The molecule has 1 amide bonds. The molecule has 1 unspecified atom stereocenters. The quantitative estimate of drug-likeness (QED) is 0.688. The van der Waals surface area contributed by atoms with Gasteiger partial charge in [0.1, 0.15) is 0 Å². The maximum Gasteiger partial charge on any atom is 0.243 e. The van der Waals surface area contributed by atoms with E-state index in [0.29, 0.717) is 5.69 Å². The Kier molecular flexibility index (Phi) is 7.43. The molecule has 0 bridgehead atoms. The van der Waals surface area contributed by atoms with Crippen LogP contribution in [0.5, 0.6) is 0 Å². The molecule has 0 heterocycles. The van der Waals surface area contributed by atoms with Gasteiger partial charge in [-0.3, -0.25) is 4.79 Å². The maximum atomic E-state index is 12.5. The van der Waals surface area contributed by atoms with Gasteiger partial charge in [-0.15, -0.1) is 0 Å². The minimum absolute atomic E-state index is 0.0947. The van der Waals surface area contributed by atoms with Gasteiger partial charge in [-0.1, -0.05) is 18.2 Å². The van der Waals surface area contributed by atoms with Gasteiger partial charge in [0.05, 0.1) is 17.5 Å². The summed E-state index contributed by atoms with van der Waals surface area (Å²) in [6.45, 7) is 9.82. The van der Waals surface area contributed by atoms with Crippen LogP contribution in [0.3, 0.4) is 0 Å². The van der Waals surface area contributed by atoms with Gasteiger partial charge in [0.2, 0.25) is 15.9 Å². The van der Waals surface area contributed by atoms with Gasteiger partial charge >= 0.3 is 0 Å². The minimum Gasteiger partial charge on any atom is -0.376 e. The van der Waals surface area contributed by atoms with Crippen molar-refractivity contribution in [1.82, 2.24) is 9.62 Å². The highest BCUT2D eigenvalue weighted by atomic mass is 32.2. The Morgan fingerprint density at radius 3 is 2.17 bits per heavy atom. The summed E-state index contributed by atoms with van der Waals surface area (Å²) >= 11 is 0. The molecule has 0 saturated carbocycles. The zero-order valence-corrected chi connectivity index (χ0v) is 18.8. The summed E-state index contributed by atoms with van der Waals surface area (Å²) in [6.07, 6.45) is 0. The lowest BCUT2D eigenvalue weighted by Gasteiger charge is -2.21. The van der Waals surface area contributed by atoms with Crippen molar-refractivity contribution in [2.75, 3.05) is 18.9 Å². The van der Waals surface area contributed by atoms with Crippen LogP contribution in [0.1, 0.15) is 43.5 Å². The summed E-state index contributed by atoms with van der Waals surface area (Å²) < 4.78 is 26.3. The number of benzene rings is 2. The van der Waals surface area contributed by atoms with Gasteiger partial charge in [0.25, 0.3) is 0 Å². The smallest absolute Gasteiger partial charge is 0.243 e. The van der Waals surface area contributed by atoms with Gasteiger partial charge in [-0.2, -0.15) is 4.31 Å². The van der Waals surface area contributed by atoms with Crippen molar-refractivity contribution >= 4 is 21.6 Å². The number of carbonyl (C=O) groups is 1. The second-order valence-corrected chi connectivity index (χ2v) is 9.62. The lowest BCUT2D eigenvalue weighted by Crippen LogP contribution is -2.33. The molecule has 2 aromatic rings. The molecule has 0 aliphatic rings. The zero-order chi connectivity index (χ0) is 21.8. The van der Waals surface area contributed by atoms with E-state index in [2.05, 4.69) is 36.6 Å². The Hall–Kier alpha value is -2.38. The van der Waals surface area contributed by atoms with Crippen LogP contribution in [0, 0.1) is 13.8 Å². The molecule has 29 heavy (non-hydrogen) atoms. The third-order valence-corrected chi connectivity index (χ3v) is 7.17. The van der Waals surface area contributed by atoms with Crippen molar-refractivity contribution < 1.29 is 13.2 Å². The average molecular weight is 418 g/mol. The summed E-state index contributed by atoms with van der Waals surface area (Å²) in [5.74, 6) is -0.132. The first-order valence-corrected chi connectivity index (χ1v) is 11.1. The van der Waals surface area contributed by atoms with Crippen LogP contribution in [0.25, 0.3) is 0 Å². The van der Waals surface area contributed by atoms with E-state index in [1.165, 1.54) is 15.4 Å². The summed E-state index contributed by atoms with van der Waals surface area (Å²) in [4.78, 5) is 12.5. The lowest BCUT2D eigenvalue weighted by molar-refractivity contribution is -0.120. The van der Waals surface area contributed by atoms with Gasteiger partial charge in [-0.25, -0.2) is 8.42 Å². The Labute approximate surface area is 174 Å². The minimum atomic E-state index is -3.51. The predicted octanol–water partition coefficient (Wildman–Crippen LogP) is 3.62. The summed E-state index contributed by atoms with van der Waals surface area (Å²) in [6, 6.07) is 12.4. The Morgan fingerprint density at radius 2 is 1.62 bits per heavy atom. The Balaban J connectivity index is 1.94. The third kappa shape index (κ3) is 5.81. The molecular weight excluding hydrogens is 386 g/mol. The second kappa shape index (κ2) is 9.41. The van der Waals surface area contributed by atoms with E-state index >= 15 is 0 Å². The molecule has 6 nitrogen and oxygen atoms in total. The molecule has 2 rings (SSSR count). The molecule has 7 heteroatoms. The van der Waals surface area contributed by atoms with Crippen LogP contribution < -0.4 is 10.6 Å². The number of rotatable bonds is 8. The molecule has 158 valence electrons. The van der Waals surface area contributed by atoms with Crippen LogP contribution in [0.4, 0.5) is 5.69 Å². The van der Waals surface area contributed by atoms with Gasteiger partial charge in [0, 0.05) is 18.8 Å². The first kappa shape index (κ1) is 22.9. The number of hydrogen-bond donors (Lipinski definition) is 2. The highest BCUT2D eigenvalue weighted by Gasteiger charge is 2.22. The first-order chi connectivity index (χ1) is 13.5. The number of nitrogens with one attached hydrogen (secondary N) is 2. The van der Waals surface area contributed by atoms with Crippen LogP contribution in [-0.4, -0.2) is 38.3 Å².